The molecule has 2 N–H and O–H groups in total. The van der Waals surface area contributed by atoms with Gasteiger partial charge in [-0.05, 0) is 81.1 Å². The summed E-state index contributed by atoms with van der Waals surface area (Å²) in [7, 11) is 1.82. The van der Waals surface area contributed by atoms with E-state index in [-0.39, 0.29) is 24.6 Å². The van der Waals surface area contributed by atoms with Gasteiger partial charge in [-0.15, -0.1) is 0 Å². The molecule has 3 heterocycles. The van der Waals surface area contributed by atoms with E-state index in [1.165, 1.54) is 5.56 Å². The number of carbonyl (C=O) groups excluding carboxylic acids is 1. The maximum absolute atomic E-state index is 13.9. The van der Waals surface area contributed by atoms with Gasteiger partial charge in [0.2, 0.25) is 0 Å². The largest absolute Gasteiger partial charge is 0.493 e. The van der Waals surface area contributed by atoms with E-state index in [0.717, 1.165) is 53.9 Å². The highest BCUT2D eigenvalue weighted by Crippen LogP contribution is 2.44. The van der Waals surface area contributed by atoms with Crippen LogP contribution in [0, 0.1) is 11.8 Å². The Morgan fingerprint density at radius 1 is 0.980 bits per heavy atom. The minimum Gasteiger partial charge on any atom is -0.493 e. The zero-order valence-electron chi connectivity index (χ0n) is 29.9. The molecule has 0 aliphatic carbocycles. The molecule has 0 spiro atoms. The van der Waals surface area contributed by atoms with E-state index in [0.29, 0.717) is 35.9 Å². The first-order valence-electron chi connectivity index (χ1n) is 17.3. The van der Waals surface area contributed by atoms with Crippen molar-refractivity contribution in [2.75, 3.05) is 33.9 Å². The predicted molar refractivity (Wildman–Crippen MR) is 201 cm³/mol. The van der Waals surface area contributed by atoms with Gasteiger partial charge in [0.25, 0.3) is 5.91 Å². The topological polar surface area (TPSA) is 104 Å². The number of hydrogen-bond donors (Lipinski definition) is 2. The second kappa shape index (κ2) is 15.8. The molecule has 1 saturated heterocycles. The molecular weight excluding hydrogens is 661 g/mol. The van der Waals surface area contributed by atoms with Gasteiger partial charge in [-0.3, -0.25) is 9.69 Å². The van der Waals surface area contributed by atoms with Gasteiger partial charge in [0.15, 0.2) is 11.5 Å². The van der Waals surface area contributed by atoms with Gasteiger partial charge in [0.05, 0.1) is 30.7 Å². The Balaban J connectivity index is 1.34. The van der Waals surface area contributed by atoms with Crippen LogP contribution in [0.1, 0.15) is 78.0 Å². The fourth-order valence-electron chi connectivity index (χ4n) is 6.80. The van der Waals surface area contributed by atoms with E-state index in [9.17, 15) is 14.1 Å². The zero-order chi connectivity index (χ0) is 36.1. The molecule has 3 atom stereocenters. The molecule has 0 radical (unpaired) electrons. The summed E-state index contributed by atoms with van der Waals surface area (Å²) >= 11 is 0. The van der Waals surface area contributed by atoms with Crippen LogP contribution < -0.4 is 14.8 Å². The molecule has 0 bridgehead atoms. The summed E-state index contributed by atoms with van der Waals surface area (Å²) in [5.41, 5.74) is 6.31. The van der Waals surface area contributed by atoms with Crippen LogP contribution in [0.5, 0.6) is 11.5 Å². The molecular formula is C41H46N4O5S. The third kappa shape index (κ3) is 8.35. The van der Waals surface area contributed by atoms with Crippen LogP contribution >= 0.6 is 0 Å². The van der Waals surface area contributed by atoms with Crippen LogP contribution in [0.4, 0.5) is 0 Å². The normalized spacial score (nSPS) is 18.1. The number of likely N-dealkylation sites (tertiary alicyclic amines) is 1. The van der Waals surface area contributed by atoms with E-state index in [1.807, 2.05) is 91.8 Å². The van der Waals surface area contributed by atoms with Gasteiger partial charge >= 0.3 is 0 Å². The van der Waals surface area contributed by atoms with E-state index in [2.05, 4.69) is 34.2 Å². The fraction of sp³-hybridized carbons (Fsp3) is 0.366. The number of carbonyl (C=O) groups is 1. The highest BCUT2D eigenvalue weighted by Gasteiger charge is 2.40. The number of aliphatic hydroxyl groups excluding tert-OH is 1. The number of nitrogens with one attached hydrogen (secondary N) is 1. The summed E-state index contributed by atoms with van der Waals surface area (Å²) in [4.78, 5) is 21.3. The number of pyridine rings is 1. The zero-order valence-corrected chi connectivity index (χ0v) is 30.8. The van der Waals surface area contributed by atoms with Crippen molar-refractivity contribution in [2.45, 2.75) is 63.5 Å². The Bertz CT molecular complexity index is 1970. The molecule has 1 amide bonds. The van der Waals surface area contributed by atoms with E-state index >= 15 is 0 Å². The van der Waals surface area contributed by atoms with Gasteiger partial charge in [-0.25, -0.2) is 13.5 Å². The molecule has 10 heteroatoms. The Morgan fingerprint density at radius 3 is 2.43 bits per heavy atom. The lowest BCUT2D eigenvalue weighted by Gasteiger charge is -2.30. The predicted octanol–water partition coefficient (Wildman–Crippen LogP) is 5.87. The first-order valence-corrected chi connectivity index (χ1v) is 18.4. The van der Waals surface area contributed by atoms with E-state index in [4.69, 9.17) is 14.5 Å². The van der Waals surface area contributed by atoms with Gasteiger partial charge in [0.1, 0.15) is 16.7 Å². The number of nitrogens with zero attached hydrogens (tertiary/aromatic N) is 3. The van der Waals surface area contributed by atoms with Gasteiger partial charge in [0, 0.05) is 61.1 Å². The lowest BCUT2D eigenvalue weighted by molar-refractivity contribution is 0.0932. The van der Waals surface area contributed by atoms with Crippen molar-refractivity contribution in [2.24, 2.45) is 0 Å². The number of hydrogen-bond acceptors (Lipinski definition) is 7. The number of benzene rings is 3. The lowest BCUT2D eigenvalue weighted by Crippen LogP contribution is -2.37. The number of methoxy groups -OCH3 is 2. The number of rotatable bonds is 10. The maximum atomic E-state index is 13.9. The summed E-state index contributed by atoms with van der Waals surface area (Å²) in [5.74, 6) is 7.48. The standard InChI is InChI=1S/C41H46N4O5S/c1-41(2,3)51(48)45-26-32-24-34(40(47)42-33-18-20-44(27-33)25-30-10-7-6-8-11-30)43-39(38(32)35(45)19-21-46)31-13-9-12-28(22-31)14-15-29-16-17-36(49-4)37(23-29)50-5/h6-13,16-17,22-24,33,35,46H,18-21,25-27H2,1-5H3,(H,42,47)/t33-,35+,51?/m1/s1. The van der Waals surface area contributed by atoms with E-state index in [1.54, 1.807) is 14.2 Å². The summed E-state index contributed by atoms with van der Waals surface area (Å²) in [5, 5.41) is 13.4. The first-order chi connectivity index (χ1) is 24.6. The second-order valence-electron chi connectivity index (χ2n) is 14.0. The summed E-state index contributed by atoms with van der Waals surface area (Å²) < 4.78 is 26.1. The molecule has 9 nitrogen and oxygen atoms in total. The minimum atomic E-state index is -1.36. The molecule has 1 aromatic heterocycles. The van der Waals surface area contributed by atoms with Crippen LogP contribution in [0.25, 0.3) is 11.3 Å². The molecule has 1 fully saturated rings. The van der Waals surface area contributed by atoms with Crippen LogP contribution in [-0.4, -0.2) is 74.1 Å². The molecule has 3 aromatic carbocycles. The van der Waals surface area contributed by atoms with Crippen molar-refractivity contribution < 1.29 is 23.6 Å². The molecule has 2 aliphatic heterocycles. The summed E-state index contributed by atoms with van der Waals surface area (Å²) in [6.07, 6.45) is 1.24. The maximum Gasteiger partial charge on any atom is 0.270 e. The Hall–Kier alpha value is -4.53. The van der Waals surface area contributed by atoms with Crippen LogP contribution in [0.15, 0.2) is 78.9 Å². The average Bonchev–Trinajstić information content (AvgIpc) is 3.73. The number of amides is 1. The smallest absolute Gasteiger partial charge is 0.270 e. The van der Waals surface area contributed by atoms with Gasteiger partial charge < -0.3 is 19.9 Å². The van der Waals surface area contributed by atoms with Crippen molar-refractivity contribution in [3.05, 3.63) is 112 Å². The molecule has 6 rings (SSSR count). The molecule has 4 aromatic rings. The van der Waals surface area contributed by atoms with Gasteiger partial charge in [-0.1, -0.05) is 54.3 Å². The highest BCUT2D eigenvalue weighted by molar-refractivity contribution is 7.84. The third-order valence-electron chi connectivity index (χ3n) is 9.25. The van der Waals surface area contributed by atoms with Crippen molar-refractivity contribution in [1.82, 2.24) is 19.5 Å². The quantitative estimate of drug-likeness (QED) is 0.199. The SMILES string of the molecule is COc1ccc(C#Cc2cccc(-c3nc(C(=O)N[C@@H]4CCN(Cc5ccccc5)C4)cc4c3[C@H](CCO)N(S(=O)C(C)(C)C)C4)c2)cc1OC. The first kappa shape index (κ1) is 36.3. The van der Waals surface area contributed by atoms with Crippen molar-refractivity contribution in [1.29, 1.82) is 0 Å². The lowest BCUT2D eigenvalue weighted by atomic mass is 9.95. The average molecular weight is 707 g/mol. The molecule has 266 valence electrons. The molecule has 51 heavy (non-hydrogen) atoms. The second-order valence-corrected chi connectivity index (χ2v) is 16.2. The summed E-state index contributed by atoms with van der Waals surface area (Å²) in [6, 6.07) is 25.2. The third-order valence-corrected chi connectivity index (χ3v) is 11.1. The highest BCUT2D eigenvalue weighted by atomic mass is 32.2. The fourth-order valence-corrected chi connectivity index (χ4v) is 8.20. The number of ether oxygens (including phenoxy) is 2. The Morgan fingerprint density at radius 2 is 1.73 bits per heavy atom. The Kier molecular flexibility index (Phi) is 11.2. The van der Waals surface area contributed by atoms with Gasteiger partial charge in [-0.2, -0.15) is 0 Å². The van der Waals surface area contributed by atoms with Crippen molar-refractivity contribution in [3.63, 3.8) is 0 Å². The van der Waals surface area contributed by atoms with E-state index < -0.39 is 15.7 Å². The molecule has 2 aliphatic rings. The summed E-state index contributed by atoms with van der Waals surface area (Å²) in [6.45, 7) is 8.64. The number of fused-ring (bicyclic) bond motifs is 1. The number of aromatic nitrogens is 1. The molecule has 0 saturated carbocycles. The van der Waals surface area contributed by atoms with Crippen LogP contribution in [0.2, 0.25) is 0 Å². The van der Waals surface area contributed by atoms with Crippen LogP contribution in [-0.2, 0) is 24.1 Å². The van der Waals surface area contributed by atoms with Crippen LogP contribution in [0.3, 0.4) is 0 Å². The number of aliphatic hydroxyl groups is 1. The Labute approximate surface area is 303 Å². The monoisotopic (exact) mass is 706 g/mol. The minimum absolute atomic E-state index is 0.00179. The molecule has 1 unspecified atom stereocenters. The van der Waals surface area contributed by atoms with Crippen molar-refractivity contribution in [3.8, 4) is 34.6 Å². The van der Waals surface area contributed by atoms with Crippen molar-refractivity contribution >= 4 is 16.9 Å².